The minimum atomic E-state index is 0.587. The van der Waals surface area contributed by atoms with E-state index in [-0.39, 0.29) is 0 Å². The van der Waals surface area contributed by atoms with E-state index in [0.29, 0.717) is 32.3 Å². The second-order valence-electron chi connectivity index (χ2n) is 3.73. The third kappa shape index (κ3) is 5.78. The Morgan fingerprint density at radius 3 is 1.50 bits per heavy atom. The van der Waals surface area contributed by atoms with E-state index < -0.39 is 0 Å². The van der Waals surface area contributed by atoms with Crippen LogP contribution in [-0.4, -0.2) is 14.2 Å². The van der Waals surface area contributed by atoms with E-state index in [9.17, 15) is 0 Å². The van der Waals surface area contributed by atoms with Gasteiger partial charge in [-0.1, -0.05) is 34.8 Å². The number of methoxy groups -OCH3 is 2. The quantitative estimate of drug-likeness (QED) is 0.792. The molecule has 2 aromatic carbocycles. The third-order valence-corrected chi connectivity index (χ3v) is 2.86. The summed E-state index contributed by atoms with van der Waals surface area (Å²) in [5, 5.41) is 1.77. The molecule has 2 aromatic rings. The molecule has 0 spiro atoms. The highest BCUT2D eigenvalue weighted by Gasteiger charge is 1.95. The van der Waals surface area contributed by atoms with Crippen molar-refractivity contribution in [1.82, 2.24) is 0 Å². The van der Waals surface area contributed by atoms with Crippen molar-refractivity contribution >= 4 is 40.5 Å². The van der Waals surface area contributed by atoms with Crippen molar-refractivity contribution in [3.8, 4) is 11.5 Å². The van der Waals surface area contributed by atoms with Gasteiger partial charge in [0.25, 0.3) is 0 Å². The van der Waals surface area contributed by atoms with Crippen LogP contribution in [0.25, 0.3) is 0 Å². The van der Waals surface area contributed by atoms with Gasteiger partial charge in [-0.05, 0) is 30.3 Å². The lowest BCUT2D eigenvalue weighted by atomic mass is 10.3. The highest BCUT2D eigenvalue weighted by atomic mass is 35.5. The third-order valence-electron chi connectivity index (χ3n) is 2.20. The molecule has 6 heteroatoms. The van der Waals surface area contributed by atoms with E-state index in [1.54, 1.807) is 50.6 Å². The van der Waals surface area contributed by atoms with Crippen LogP contribution < -0.4 is 15.2 Å². The molecule has 0 bridgehead atoms. The zero-order valence-corrected chi connectivity index (χ0v) is 13.3. The lowest BCUT2D eigenvalue weighted by molar-refractivity contribution is 0.415. The summed E-state index contributed by atoms with van der Waals surface area (Å²) in [5.41, 5.74) is 6.09. The predicted octanol–water partition coefficient (Wildman–Crippen LogP) is 4.93. The SMILES string of the molecule is COc1cc(Cl)cc(Cl)c1.COc1cc(N)cc(Cl)c1. The van der Waals surface area contributed by atoms with Gasteiger partial charge >= 0.3 is 0 Å². The molecule has 108 valence electrons. The molecule has 0 amide bonds. The molecule has 2 N–H and O–H groups in total. The molecule has 0 saturated heterocycles. The zero-order valence-electron chi connectivity index (χ0n) is 11.0. The summed E-state index contributed by atoms with van der Waals surface area (Å²) in [6.07, 6.45) is 0. The number of hydrogen-bond acceptors (Lipinski definition) is 3. The Hall–Kier alpha value is -1.29. The van der Waals surface area contributed by atoms with Crippen LogP contribution in [0.4, 0.5) is 5.69 Å². The number of halogens is 3. The molecule has 0 aliphatic rings. The number of rotatable bonds is 2. The zero-order chi connectivity index (χ0) is 15.1. The average Bonchev–Trinajstić information content (AvgIpc) is 2.37. The van der Waals surface area contributed by atoms with Gasteiger partial charge in [0.2, 0.25) is 0 Å². The Balaban J connectivity index is 0.000000200. The Bertz CT molecular complexity index is 484. The first-order chi connectivity index (χ1) is 9.44. The maximum Gasteiger partial charge on any atom is 0.122 e. The summed E-state index contributed by atoms with van der Waals surface area (Å²) in [6, 6.07) is 10.2. The van der Waals surface area contributed by atoms with Gasteiger partial charge in [0.15, 0.2) is 0 Å². The molecule has 0 radical (unpaired) electrons. The minimum absolute atomic E-state index is 0.587. The summed E-state index contributed by atoms with van der Waals surface area (Å²) in [6.45, 7) is 0. The Morgan fingerprint density at radius 1 is 0.700 bits per heavy atom. The van der Waals surface area contributed by atoms with Gasteiger partial charge in [-0.15, -0.1) is 0 Å². The maximum atomic E-state index is 5.67. The van der Waals surface area contributed by atoms with Gasteiger partial charge in [-0.25, -0.2) is 0 Å². The first-order valence-electron chi connectivity index (χ1n) is 5.54. The summed E-state index contributed by atoms with van der Waals surface area (Å²) in [4.78, 5) is 0. The molecule has 0 atom stereocenters. The number of nitrogen functional groups attached to an aromatic ring is 1. The van der Waals surface area contributed by atoms with Gasteiger partial charge in [-0.3, -0.25) is 0 Å². The lowest BCUT2D eigenvalue weighted by Gasteiger charge is -2.00. The maximum absolute atomic E-state index is 5.67. The number of anilines is 1. The molecule has 0 heterocycles. The van der Waals surface area contributed by atoms with Crippen LogP contribution in [-0.2, 0) is 0 Å². The molecule has 0 saturated carbocycles. The van der Waals surface area contributed by atoms with Crippen LogP contribution in [0.15, 0.2) is 36.4 Å². The summed E-state index contributed by atoms with van der Waals surface area (Å²) in [7, 11) is 3.15. The van der Waals surface area contributed by atoms with E-state index >= 15 is 0 Å². The topological polar surface area (TPSA) is 44.5 Å². The fourth-order valence-electron chi connectivity index (χ4n) is 1.35. The first-order valence-corrected chi connectivity index (χ1v) is 6.68. The van der Waals surface area contributed by atoms with Gasteiger partial charge in [-0.2, -0.15) is 0 Å². The predicted molar refractivity (Wildman–Crippen MR) is 85.4 cm³/mol. The Kier molecular flexibility index (Phi) is 6.79. The highest BCUT2D eigenvalue weighted by Crippen LogP contribution is 2.23. The van der Waals surface area contributed by atoms with Crippen molar-refractivity contribution in [2.75, 3.05) is 20.0 Å². The van der Waals surface area contributed by atoms with Gasteiger partial charge in [0, 0.05) is 26.8 Å². The van der Waals surface area contributed by atoms with Crippen LogP contribution in [0.2, 0.25) is 15.1 Å². The number of ether oxygens (including phenoxy) is 2. The van der Waals surface area contributed by atoms with E-state index in [1.165, 1.54) is 0 Å². The molecular weight excluding hydrogens is 321 g/mol. The summed E-state index contributed by atoms with van der Waals surface area (Å²) >= 11 is 17.0. The van der Waals surface area contributed by atoms with Crippen molar-refractivity contribution < 1.29 is 9.47 Å². The molecule has 2 rings (SSSR count). The number of benzene rings is 2. The number of nitrogens with two attached hydrogens (primary N) is 1. The summed E-state index contributed by atoms with van der Waals surface area (Å²) < 4.78 is 9.82. The molecule has 3 nitrogen and oxygen atoms in total. The molecule has 0 aliphatic carbocycles. The normalized spacial score (nSPS) is 9.45. The van der Waals surface area contributed by atoms with Crippen molar-refractivity contribution in [3.63, 3.8) is 0 Å². The monoisotopic (exact) mass is 333 g/mol. The molecule has 0 aliphatic heterocycles. The largest absolute Gasteiger partial charge is 0.497 e. The van der Waals surface area contributed by atoms with Crippen LogP contribution >= 0.6 is 34.8 Å². The second-order valence-corrected chi connectivity index (χ2v) is 5.04. The lowest BCUT2D eigenvalue weighted by Crippen LogP contribution is -1.87. The highest BCUT2D eigenvalue weighted by molar-refractivity contribution is 6.34. The number of hydrogen-bond donors (Lipinski definition) is 1. The van der Waals surface area contributed by atoms with Gasteiger partial charge in [0.05, 0.1) is 14.2 Å². The smallest absolute Gasteiger partial charge is 0.122 e. The van der Waals surface area contributed by atoms with E-state index in [2.05, 4.69) is 0 Å². The van der Waals surface area contributed by atoms with Gasteiger partial charge < -0.3 is 15.2 Å². The summed E-state index contributed by atoms with van der Waals surface area (Å²) in [5.74, 6) is 1.36. The molecule has 0 aromatic heterocycles. The minimum Gasteiger partial charge on any atom is -0.497 e. The van der Waals surface area contributed by atoms with Crippen LogP contribution in [0.5, 0.6) is 11.5 Å². The molecule has 20 heavy (non-hydrogen) atoms. The van der Waals surface area contributed by atoms with Crippen molar-refractivity contribution in [1.29, 1.82) is 0 Å². The van der Waals surface area contributed by atoms with Crippen molar-refractivity contribution in [2.45, 2.75) is 0 Å². The van der Waals surface area contributed by atoms with E-state index in [0.717, 1.165) is 0 Å². The van der Waals surface area contributed by atoms with Crippen LogP contribution in [0.1, 0.15) is 0 Å². The van der Waals surface area contributed by atoms with Crippen LogP contribution in [0.3, 0.4) is 0 Å². The molecule has 0 fully saturated rings. The first kappa shape index (κ1) is 16.8. The Morgan fingerprint density at radius 2 is 1.10 bits per heavy atom. The fraction of sp³-hybridized carbons (Fsp3) is 0.143. The van der Waals surface area contributed by atoms with Gasteiger partial charge in [0.1, 0.15) is 11.5 Å². The van der Waals surface area contributed by atoms with Crippen LogP contribution in [0, 0.1) is 0 Å². The second kappa shape index (κ2) is 8.10. The van der Waals surface area contributed by atoms with E-state index in [1.807, 2.05) is 0 Å². The Labute approximate surface area is 133 Å². The standard InChI is InChI=1S/C7H6Cl2O.C7H8ClNO/c2*1-10-7-3-5(8)2-6(9)4-7/h2-4H,1H3;2-4H,9H2,1H3. The fourth-order valence-corrected chi connectivity index (χ4v) is 2.09. The van der Waals surface area contributed by atoms with Crippen molar-refractivity contribution in [2.24, 2.45) is 0 Å². The average molecular weight is 335 g/mol. The van der Waals surface area contributed by atoms with E-state index in [4.69, 9.17) is 50.0 Å². The molecular formula is C14H14Cl3NO2. The molecule has 0 unspecified atom stereocenters. The van der Waals surface area contributed by atoms with Crippen molar-refractivity contribution in [3.05, 3.63) is 51.5 Å².